The SMILES string of the molecule is COc1ccc(NC(=O)CN2C(=O)NC(C)(c3ccc(OC(F)(F)F)cc3)C2=O)c(OC)c1. The number of nitrogens with zero attached hydrogens (tertiary/aromatic N) is 1. The van der Waals surface area contributed by atoms with Crippen molar-refractivity contribution < 1.29 is 41.8 Å². The Labute approximate surface area is 186 Å². The van der Waals surface area contributed by atoms with Crippen LogP contribution in [0.5, 0.6) is 17.2 Å². The molecule has 0 spiro atoms. The summed E-state index contributed by atoms with van der Waals surface area (Å²) >= 11 is 0. The molecule has 4 amide bonds. The maximum atomic E-state index is 13.0. The van der Waals surface area contributed by atoms with Gasteiger partial charge in [-0.1, -0.05) is 12.1 Å². The van der Waals surface area contributed by atoms with E-state index in [1.807, 2.05) is 0 Å². The molecule has 12 heteroatoms. The fourth-order valence-electron chi connectivity index (χ4n) is 3.26. The van der Waals surface area contributed by atoms with E-state index in [1.54, 1.807) is 12.1 Å². The first-order chi connectivity index (χ1) is 15.5. The third-order valence-electron chi connectivity index (χ3n) is 4.92. The fourth-order valence-corrected chi connectivity index (χ4v) is 3.26. The van der Waals surface area contributed by atoms with Crippen molar-refractivity contribution in [3.8, 4) is 17.2 Å². The third-order valence-corrected chi connectivity index (χ3v) is 4.92. The highest BCUT2D eigenvalue weighted by molar-refractivity contribution is 6.10. The monoisotopic (exact) mass is 467 g/mol. The number of halogens is 3. The number of urea groups is 1. The lowest BCUT2D eigenvalue weighted by atomic mass is 9.92. The largest absolute Gasteiger partial charge is 0.573 e. The van der Waals surface area contributed by atoms with Gasteiger partial charge in [0.2, 0.25) is 5.91 Å². The molecule has 0 aliphatic carbocycles. The molecule has 2 N–H and O–H groups in total. The van der Waals surface area contributed by atoms with E-state index < -0.39 is 42.0 Å². The van der Waals surface area contributed by atoms with E-state index >= 15 is 0 Å². The quantitative estimate of drug-likeness (QED) is 0.607. The number of anilines is 1. The van der Waals surface area contributed by atoms with Gasteiger partial charge in [-0.05, 0) is 36.8 Å². The second-order valence-electron chi connectivity index (χ2n) is 7.13. The Morgan fingerprint density at radius 2 is 1.70 bits per heavy atom. The molecular formula is C21H20F3N3O6. The Balaban J connectivity index is 1.73. The van der Waals surface area contributed by atoms with Crippen molar-refractivity contribution in [2.75, 3.05) is 26.1 Å². The summed E-state index contributed by atoms with van der Waals surface area (Å²) in [5.41, 5.74) is -1.06. The lowest BCUT2D eigenvalue weighted by Gasteiger charge is -2.22. The van der Waals surface area contributed by atoms with Crippen molar-refractivity contribution in [1.29, 1.82) is 0 Å². The zero-order valence-corrected chi connectivity index (χ0v) is 17.8. The lowest BCUT2D eigenvalue weighted by molar-refractivity contribution is -0.274. The molecule has 3 rings (SSSR count). The molecule has 2 aromatic rings. The van der Waals surface area contributed by atoms with Crippen LogP contribution in [0.4, 0.5) is 23.7 Å². The molecule has 0 radical (unpaired) electrons. The molecule has 1 aliphatic heterocycles. The van der Waals surface area contributed by atoms with Gasteiger partial charge in [-0.25, -0.2) is 4.79 Å². The smallest absolute Gasteiger partial charge is 0.497 e. The van der Waals surface area contributed by atoms with Crippen LogP contribution in [0, 0.1) is 0 Å². The van der Waals surface area contributed by atoms with E-state index in [0.29, 0.717) is 22.1 Å². The standard InChI is InChI=1S/C21H20F3N3O6/c1-20(12-4-6-13(7-5-12)33-21(22,23)24)18(29)27(19(30)26-20)11-17(28)25-15-9-8-14(31-2)10-16(15)32-3/h4-10H,11H2,1-3H3,(H,25,28)(H,26,30). The Morgan fingerprint density at radius 3 is 2.27 bits per heavy atom. The van der Waals surface area contributed by atoms with Crippen molar-refractivity contribution in [3.05, 3.63) is 48.0 Å². The highest BCUT2D eigenvalue weighted by Gasteiger charge is 2.49. The molecule has 2 aromatic carbocycles. The van der Waals surface area contributed by atoms with Gasteiger partial charge in [0.05, 0.1) is 19.9 Å². The molecule has 176 valence electrons. The molecule has 0 saturated carbocycles. The topological polar surface area (TPSA) is 106 Å². The molecule has 1 aliphatic rings. The number of methoxy groups -OCH3 is 2. The lowest BCUT2D eigenvalue weighted by Crippen LogP contribution is -2.42. The number of alkyl halides is 3. The number of ether oxygens (including phenoxy) is 3. The first kappa shape index (κ1) is 23.7. The van der Waals surface area contributed by atoms with Crippen LogP contribution in [0.3, 0.4) is 0 Å². The summed E-state index contributed by atoms with van der Waals surface area (Å²) in [7, 11) is 2.87. The Kier molecular flexibility index (Phi) is 6.38. The highest BCUT2D eigenvalue weighted by atomic mass is 19.4. The summed E-state index contributed by atoms with van der Waals surface area (Å²) in [6.45, 7) is 0.794. The van der Waals surface area contributed by atoms with Crippen molar-refractivity contribution >= 4 is 23.5 Å². The van der Waals surface area contributed by atoms with Gasteiger partial charge < -0.3 is 24.8 Å². The predicted octanol–water partition coefficient (Wildman–Crippen LogP) is 3.01. The highest BCUT2D eigenvalue weighted by Crippen LogP contribution is 2.32. The molecule has 0 bridgehead atoms. The van der Waals surface area contributed by atoms with Crippen LogP contribution >= 0.6 is 0 Å². The molecule has 33 heavy (non-hydrogen) atoms. The predicted molar refractivity (Wildman–Crippen MR) is 109 cm³/mol. The molecule has 1 atom stereocenters. The van der Waals surface area contributed by atoms with Crippen molar-refractivity contribution in [2.24, 2.45) is 0 Å². The number of rotatable bonds is 7. The van der Waals surface area contributed by atoms with E-state index in [2.05, 4.69) is 15.4 Å². The molecule has 1 heterocycles. The van der Waals surface area contributed by atoms with Gasteiger partial charge in [0.25, 0.3) is 5.91 Å². The number of carbonyl (C=O) groups excluding carboxylic acids is 3. The minimum atomic E-state index is -4.86. The maximum Gasteiger partial charge on any atom is 0.573 e. The molecule has 1 unspecified atom stereocenters. The molecule has 0 aromatic heterocycles. The summed E-state index contributed by atoms with van der Waals surface area (Å²) in [6.07, 6.45) is -4.86. The van der Waals surface area contributed by atoms with E-state index in [0.717, 1.165) is 12.1 Å². The van der Waals surface area contributed by atoms with Gasteiger partial charge in [0.15, 0.2) is 0 Å². The summed E-state index contributed by atoms with van der Waals surface area (Å²) < 4.78 is 51.2. The fraction of sp³-hybridized carbons (Fsp3) is 0.286. The van der Waals surface area contributed by atoms with Crippen LogP contribution in [0.25, 0.3) is 0 Å². The molecular weight excluding hydrogens is 447 g/mol. The average molecular weight is 467 g/mol. The van der Waals surface area contributed by atoms with E-state index in [9.17, 15) is 27.6 Å². The van der Waals surface area contributed by atoms with Crippen molar-refractivity contribution in [2.45, 2.75) is 18.8 Å². The van der Waals surface area contributed by atoms with E-state index in [1.165, 1.54) is 39.3 Å². The van der Waals surface area contributed by atoms with Gasteiger partial charge in [-0.15, -0.1) is 13.2 Å². The summed E-state index contributed by atoms with van der Waals surface area (Å²) in [4.78, 5) is 38.6. The number of carbonyl (C=O) groups is 3. The van der Waals surface area contributed by atoms with E-state index in [-0.39, 0.29) is 5.56 Å². The number of hydrogen-bond acceptors (Lipinski definition) is 6. The number of hydrogen-bond donors (Lipinski definition) is 2. The molecule has 1 fully saturated rings. The summed E-state index contributed by atoms with van der Waals surface area (Å²) in [6, 6.07) is 8.36. The first-order valence-corrected chi connectivity index (χ1v) is 9.49. The third kappa shape index (κ3) is 5.10. The Morgan fingerprint density at radius 1 is 1.06 bits per heavy atom. The second kappa shape index (κ2) is 8.88. The first-order valence-electron chi connectivity index (χ1n) is 9.49. The number of benzene rings is 2. The van der Waals surface area contributed by atoms with Crippen LogP contribution in [0.15, 0.2) is 42.5 Å². The van der Waals surface area contributed by atoms with Crippen LogP contribution in [0.2, 0.25) is 0 Å². The van der Waals surface area contributed by atoms with Crippen LogP contribution in [-0.4, -0.2) is 49.9 Å². The molecule has 9 nitrogen and oxygen atoms in total. The zero-order valence-electron chi connectivity index (χ0n) is 17.8. The Hall–Kier alpha value is -3.96. The number of imide groups is 1. The maximum absolute atomic E-state index is 13.0. The normalized spacial score (nSPS) is 18.1. The van der Waals surface area contributed by atoms with Gasteiger partial charge in [0, 0.05) is 6.07 Å². The van der Waals surface area contributed by atoms with Gasteiger partial charge in [-0.2, -0.15) is 0 Å². The van der Waals surface area contributed by atoms with E-state index in [4.69, 9.17) is 9.47 Å². The van der Waals surface area contributed by atoms with Crippen molar-refractivity contribution in [1.82, 2.24) is 10.2 Å². The minimum Gasteiger partial charge on any atom is -0.497 e. The van der Waals surface area contributed by atoms with Gasteiger partial charge in [-0.3, -0.25) is 14.5 Å². The zero-order chi connectivity index (χ0) is 24.4. The number of amides is 4. The minimum absolute atomic E-state index is 0.218. The summed E-state index contributed by atoms with van der Waals surface area (Å²) in [5, 5.41) is 5.03. The average Bonchev–Trinajstić information content (AvgIpc) is 2.97. The Bertz CT molecular complexity index is 1070. The number of nitrogens with one attached hydrogen (secondary N) is 2. The summed E-state index contributed by atoms with van der Waals surface area (Å²) in [5.74, 6) is -1.07. The van der Waals surface area contributed by atoms with Crippen molar-refractivity contribution in [3.63, 3.8) is 0 Å². The second-order valence-corrected chi connectivity index (χ2v) is 7.13. The molecule has 1 saturated heterocycles. The van der Waals surface area contributed by atoms with Gasteiger partial charge >= 0.3 is 12.4 Å². The van der Waals surface area contributed by atoms with Crippen LogP contribution in [-0.2, 0) is 15.1 Å². The van der Waals surface area contributed by atoms with Crippen LogP contribution in [0.1, 0.15) is 12.5 Å². The van der Waals surface area contributed by atoms with Gasteiger partial charge in [0.1, 0.15) is 29.3 Å². The van der Waals surface area contributed by atoms with Crippen LogP contribution < -0.4 is 24.8 Å².